The molecule has 2 amide bonds. The van der Waals surface area contributed by atoms with Crippen molar-refractivity contribution < 1.29 is 14.3 Å². The first-order valence-electron chi connectivity index (χ1n) is 9.84. The second-order valence-corrected chi connectivity index (χ2v) is 9.27. The third-order valence-electron chi connectivity index (χ3n) is 5.57. The number of nitrogens with one attached hydrogen (secondary N) is 1. The van der Waals surface area contributed by atoms with Gasteiger partial charge in [-0.25, -0.2) is 0 Å². The zero-order valence-corrected chi connectivity index (χ0v) is 16.9. The Balaban J connectivity index is 2.24. The largest absolute Gasteiger partial charge is 0.353 e. The Morgan fingerprint density at radius 2 is 1.88 bits per heavy atom. The van der Waals surface area contributed by atoms with Crippen LogP contribution in [-0.4, -0.2) is 41.1 Å². The van der Waals surface area contributed by atoms with Crippen LogP contribution in [0.4, 0.5) is 0 Å². The Morgan fingerprint density at radius 1 is 1.28 bits per heavy atom. The maximum Gasteiger partial charge on any atom is 0.245 e. The third kappa shape index (κ3) is 4.75. The highest BCUT2D eigenvalue weighted by Gasteiger charge is 2.53. The van der Waals surface area contributed by atoms with Gasteiger partial charge in [0.2, 0.25) is 11.8 Å². The van der Waals surface area contributed by atoms with Crippen molar-refractivity contribution in [2.75, 3.05) is 6.61 Å². The van der Waals surface area contributed by atoms with Crippen molar-refractivity contribution in [3.05, 3.63) is 0 Å². The van der Waals surface area contributed by atoms with Gasteiger partial charge in [-0.3, -0.25) is 14.5 Å². The number of hydrogen-bond acceptors (Lipinski definition) is 3. The van der Waals surface area contributed by atoms with Gasteiger partial charge in [-0.05, 0) is 50.4 Å². The van der Waals surface area contributed by atoms with Gasteiger partial charge in [0.05, 0.1) is 6.61 Å². The van der Waals surface area contributed by atoms with E-state index in [0.29, 0.717) is 18.9 Å². The van der Waals surface area contributed by atoms with E-state index < -0.39 is 11.8 Å². The number of amides is 2. The first kappa shape index (κ1) is 20.2. The van der Waals surface area contributed by atoms with Gasteiger partial charge in [0, 0.05) is 12.5 Å². The predicted octanol–water partition coefficient (Wildman–Crippen LogP) is 3.47. The minimum atomic E-state index is -0.577. The van der Waals surface area contributed by atoms with E-state index in [-0.39, 0.29) is 23.3 Å². The SMILES string of the molecule is CC[C@H](C)NC(=O)[C@H]1COC2(CCC(C)CC2)N1C(=O)CC(C)(C)C. The summed E-state index contributed by atoms with van der Waals surface area (Å²) in [6.45, 7) is 12.8. The van der Waals surface area contributed by atoms with Crippen LogP contribution < -0.4 is 5.32 Å². The van der Waals surface area contributed by atoms with Crippen LogP contribution in [0, 0.1) is 11.3 Å². The van der Waals surface area contributed by atoms with E-state index in [4.69, 9.17) is 4.74 Å². The molecular weight excluding hydrogens is 316 g/mol. The molecule has 2 atom stereocenters. The van der Waals surface area contributed by atoms with Crippen molar-refractivity contribution in [1.29, 1.82) is 0 Å². The molecule has 1 saturated carbocycles. The van der Waals surface area contributed by atoms with E-state index >= 15 is 0 Å². The van der Waals surface area contributed by atoms with Crippen LogP contribution in [0.25, 0.3) is 0 Å². The molecule has 25 heavy (non-hydrogen) atoms. The Labute approximate surface area is 152 Å². The smallest absolute Gasteiger partial charge is 0.245 e. The third-order valence-corrected chi connectivity index (χ3v) is 5.57. The Hall–Kier alpha value is -1.10. The van der Waals surface area contributed by atoms with Gasteiger partial charge < -0.3 is 10.1 Å². The molecule has 5 nitrogen and oxygen atoms in total. The minimum absolute atomic E-state index is 0.0452. The molecule has 0 bridgehead atoms. The van der Waals surface area contributed by atoms with Crippen LogP contribution in [0.3, 0.4) is 0 Å². The molecule has 1 aliphatic heterocycles. The quantitative estimate of drug-likeness (QED) is 0.843. The van der Waals surface area contributed by atoms with Crippen molar-refractivity contribution >= 4 is 11.8 Å². The van der Waals surface area contributed by atoms with E-state index in [1.165, 1.54) is 0 Å². The Kier molecular flexibility index (Phi) is 6.18. The van der Waals surface area contributed by atoms with E-state index in [1.54, 1.807) is 0 Å². The van der Waals surface area contributed by atoms with E-state index in [2.05, 4.69) is 33.0 Å². The molecule has 0 radical (unpaired) electrons. The second kappa shape index (κ2) is 7.65. The van der Waals surface area contributed by atoms with Crippen LogP contribution in [0.2, 0.25) is 0 Å². The van der Waals surface area contributed by atoms with Gasteiger partial charge >= 0.3 is 0 Å². The fourth-order valence-electron chi connectivity index (χ4n) is 3.83. The summed E-state index contributed by atoms with van der Waals surface area (Å²) in [4.78, 5) is 27.8. The Bertz CT molecular complexity index is 490. The van der Waals surface area contributed by atoms with Crippen molar-refractivity contribution in [2.24, 2.45) is 11.3 Å². The summed E-state index contributed by atoms with van der Waals surface area (Å²) >= 11 is 0. The summed E-state index contributed by atoms with van der Waals surface area (Å²) in [5.74, 6) is 0.623. The van der Waals surface area contributed by atoms with Crippen molar-refractivity contribution in [2.45, 2.75) is 97.9 Å². The summed E-state index contributed by atoms with van der Waals surface area (Å²) < 4.78 is 6.17. The predicted molar refractivity (Wildman–Crippen MR) is 98.9 cm³/mol. The summed E-state index contributed by atoms with van der Waals surface area (Å²) in [5, 5.41) is 3.04. The number of rotatable bonds is 4. The molecule has 1 heterocycles. The molecule has 0 aromatic heterocycles. The lowest BCUT2D eigenvalue weighted by Crippen LogP contribution is -2.57. The van der Waals surface area contributed by atoms with Crippen LogP contribution in [0.5, 0.6) is 0 Å². The molecule has 2 rings (SSSR count). The standard InChI is InChI=1S/C20H36N2O3/c1-7-15(3)21-18(24)16-13-25-20(10-8-14(2)9-11-20)22(16)17(23)12-19(4,5)6/h14-16H,7-13H2,1-6H3,(H,21,24)/t14?,15-,16+,20?/m0/s1. The van der Waals surface area contributed by atoms with Crippen molar-refractivity contribution in [3.8, 4) is 0 Å². The van der Waals surface area contributed by atoms with E-state index in [0.717, 1.165) is 32.1 Å². The van der Waals surface area contributed by atoms with Crippen molar-refractivity contribution in [3.63, 3.8) is 0 Å². The van der Waals surface area contributed by atoms with E-state index in [1.807, 2.05) is 18.7 Å². The number of ether oxygens (including phenoxy) is 1. The number of nitrogens with zero attached hydrogens (tertiary/aromatic N) is 1. The molecule has 2 fully saturated rings. The minimum Gasteiger partial charge on any atom is -0.353 e. The normalized spacial score (nSPS) is 31.2. The maximum absolute atomic E-state index is 13.2. The molecule has 1 N–H and O–H groups in total. The highest BCUT2D eigenvalue weighted by Crippen LogP contribution is 2.43. The fraction of sp³-hybridized carbons (Fsp3) is 0.900. The maximum atomic E-state index is 13.2. The molecule has 144 valence electrons. The average molecular weight is 353 g/mol. The molecule has 0 aromatic rings. The summed E-state index contributed by atoms with van der Waals surface area (Å²) in [5.41, 5.74) is -0.688. The monoisotopic (exact) mass is 352 g/mol. The summed E-state index contributed by atoms with van der Waals surface area (Å²) in [6, 6.07) is -0.396. The van der Waals surface area contributed by atoms with Crippen LogP contribution in [-0.2, 0) is 14.3 Å². The average Bonchev–Trinajstić information content (AvgIpc) is 2.88. The molecule has 1 aliphatic carbocycles. The lowest BCUT2D eigenvalue weighted by atomic mass is 9.82. The first-order valence-corrected chi connectivity index (χ1v) is 9.84. The van der Waals surface area contributed by atoms with Gasteiger partial charge in [-0.2, -0.15) is 0 Å². The van der Waals surface area contributed by atoms with Crippen LogP contribution >= 0.6 is 0 Å². The molecule has 2 aliphatic rings. The highest BCUT2D eigenvalue weighted by molar-refractivity contribution is 5.89. The van der Waals surface area contributed by atoms with Gasteiger partial charge in [0.1, 0.15) is 11.8 Å². The number of carbonyl (C=O) groups excluding carboxylic acids is 2. The zero-order valence-electron chi connectivity index (χ0n) is 16.9. The van der Waals surface area contributed by atoms with Gasteiger partial charge in [-0.15, -0.1) is 0 Å². The summed E-state index contributed by atoms with van der Waals surface area (Å²) in [7, 11) is 0. The molecule has 5 heteroatoms. The highest BCUT2D eigenvalue weighted by atomic mass is 16.5. The van der Waals surface area contributed by atoms with Gasteiger partial charge in [-0.1, -0.05) is 34.6 Å². The number of hydrogen-bond donors (Lipinski definition) is 1. The zero-order chi connectivity index (χ0) is 18.8. The van der Waals surface area contributed by atoms with E-state index in [9.17, 15) is 9.59 Å². The molecular formula is C20H36N2O3. The lowest BCUT2D eigenvalue weighted by molar-refractivity contribution is -0.163. The first-order chi connectivity index (χ1) is 11.6. The Morgan fingerprint density at radius 3 is 2.40 bits per heavy atom. The fourth-order valence-corrected chi connectivity index (χ4v) is 3.83. The van der Waals surface area contributed by atoms with Crippen molar-refractivity contribution in [1.82, 2.24) is 10.2 Å². The second-order valence-electron chi connectivity index (χ2n) is 9.27. The lowest BCUT2D eigenvalue weighted by Gasteiger charge is -2.43. The van der Waals surface area contributed by atoms with Gasteiger partial charge in [0.15, 0.2) is 0 Å². The topological polar surface area (TPSA) is 58.6 Å². The van der Waals surface area contributed by atoms with Crippen LogP contribution in [0.1, 0.15) is 80.1 Å². The molecule has 1 saturated heterocycles. The number of carbonyl (C=O) groups is 2. The van der Waals surface area contributed by atoms with Gasteiger partial charge in [0.25, 0.3) is 0 Å². The van der Waals surface area contributed by atoms with Crippen LogP contribution in [0.15, 0.2) is 0 Å². The molecule has 0 aromatic carbocycles. The summed E-state index contributed by atoms with van der Waals surface area (Å²) in [6.07, 6.45) is 5.05. The molecule has 0 unspecified atom stereocenters. The molecule has 1 spiro atoms.